The SMILES string of the molecule is Cc1ccc(Cc2cc(C34OC5C(CO)(O3)C5(OCc3ccccc3)C(OCc3ccccc3)C4OCc3ccccc3)ccc2Cl)cc1. The first kappa shape index (κ1) is 32.4. The van der Waals surface area contributed by atoms with E-state index in [1.807, 2.05) is 109 Å². The van der Waals surface area contributed by atoms with E-state index in [4.69, 9.17) is 35.3 Å². The van der Waals surface area contributed by atoms with Gasteiger partial charge in [-0.1, -0.05) is 138 Å². The summed E-state index contributed by atoms with van der Waals surface area (Å²) < 4.78 is 34.6. The molecule has 1 N–H and O–H groups in total. The minimum atomic E-state index is -1.39. The van der Waals surface area contributed by atoms with Crippen LogP contribution >= 0.6 is 11.6 Å². The van der Waals surface area contributed by atoms with Gasteiger partial charge in [0, 0.05) is 10.6 Å². The molecule has 4 aliphatic rings. The van der Waals surface area contributed by atoms with Crippen molar-refractivity contribution in [2.45, 2.75) is 68.5 Å². The third-order valence-corrected chi connectivity index (χ3v) is 10.5. The van der Waals surface area contributed by atoms with Gasteiger partial charge in [-0.25, -0.2) is 0 Å². The van der Waals surface area contributed by atoms with E-state index < -0.39 is 35.3 Å². The Hall–Kier alpha value is -3.85. The third-order valence-electron chi connectivity index (χ3n) is 10.2. The molecule has 7 heteroatoms. The van der Waals surface area contributed by atoms with Crippen LogP contribution in [-0.4, -0.2) is 41.2 Å². The van der Waals surface area contributed by atoms with E-state index in [2.05, 4.69) is 31.2 Å². The lowest BCUT2D eigenvalue weighted by molar-refractivity contribution is -0.389. The Labute approximate surface area is 292 Å². The van der Waals surface area contributed by atoms with E-state index in [0.29, 0.717) is 24.7 Å². The van der Waals surface area contributed by atoms with Crippen LogP contribution in [0.5, 0.6) is 0 Å². The predicted molar refractivity (Wildman–Crippen MR) is 187 cm³/mol. The van der Waals surface area contributed by atoms with Crippen molar-refractivity contribution in [3.63, 3.8) is 0 Å². The van der Waals surface area contributed by atoms with Crippen LogP contribution in [0.3, 0.4) is 0 Å². The molecule has 1 saturated carbocycles. The molecule has 6 unspecified atom stereocenters. The van der Waals surface area contributed by atoms with Crippen molar-refractivity contribution in [1.29, 1.82) is 0 Å². The molecule has 0 spiro atoms. The summed E-state index contributed by atoms with van der Waals surface area (Å²) in [7, 11) is 0. The van der Waals surface area contributed by atoms with E-state index in [-0.39, 0.29) is 13.2 Å². The Bertz CT molecular complexity index is 1890. The number of fused-ring (bicyclic) bond motifs is 1. The number of hydrogen-bond donors (Lipinski definition) is 1. The molecule has 250 valence electrons. The summed E-state index contributed by atoms with van der Waals surface area (Å²) in [5.74, 6) is -1.39. The highest BCUT2D eigenvalue weighted by Crippen LogP contribution is 2.73. The molecule has 3 heterocycles. The number of benzene rings is 5. The molecule has 6 atom stereocenters. The fourth-order valence-corrected chi connectivity index (χ4v) is 7.75. The molecule has 3 aliphatic heterocycles. The lowest BCUT2D eigenvalue weighted by Crippen LogP contribution is -2.67. The highest BCUT2D eigenvalue weighted by Gasteiger charge is 2.96. The predicted octanol–water partition coefficient (Wildman–Crippen LogP) is 7.69. The maximum absolute atomic E-state index is 11.1. The van der Waals surface area contributed by atoms with Crippen LogP contribution in [0.25, 0.3) is 0 Å². The van der Waals surface area contributed by atoms with Gasteiger partial charge >= 0.3 is 0 Å². The van der Waals surface area contributed by atoms with Crippen molar-refractivity contribution in [1.82, 2.24) is 0 Å². The summed E-state index contributed by atoms with van der Waals surface area (Å²) in [5.41, 5.74) is 4.76. The van der Waals surface area contributed by atoms with Crippen LogP contribution < -0.4 is 0 Å². The molecule has 0 amide bonds. The average molecular weight is 675 g/mol. The second kappa shape index (κ2) is 13.1. The van der Waals surface area contributed by atoms with Gasteiger partial charge in [0.1, 0.15) is 18.3 Å². The number of aliphatic hydroxyl groups is 1. The van der Waals surface area contributed by atoms with E-state index in [9.17, 15) is 5.11 Å². The molecule has 49 heavy (non-hydrogen) atoms. The van der Waals surface area contributed by atoms with Gasteiger partial charge in [0.15, 0.2) is 11.2 Å². The van der Waals surface area contributed by atoms with Crippen molar-refractivity contribution < 1.29 is 28.8 Å². The van der Waals surface area contributed by atoms with Crippen LogP contribution in [-0.2, 0) is 55.7 Å². The topological polar surface area (TPSA) is 66.4 Å². The van der Waals surface area contributed by atoms with Crippen molar-refractivity contribution in [3.05, 3.63) is 177 Å². The summed E-state index contributed by atoms with van der Waals surface area (Å²) in [6, 6.07) is 44.3. The van der Waals surface area contributed by atoms with Crippen molar-refractivity contribution >= 4 is 11.6 Å². The fourth-order valence-electron chi connectivity index (χ4n) is 7.56. The Kier molecular flexibility index (Phi) is 8.67. The summed E-state index contributed by atoms with van der Waals surface area (Å²) >= 11 is 6.82. The molecule has 1 aliphatic carbocycles. The zero-order chi connectivity index (χ0) is 33.5. The molecule has 9 rings (SSSR count). The maximum atomic E-state index is 11.1. The lowest BCUT2D eigenvalue weighted by atomic mass is 9.85. The molecule has 0 radical (unpaired) electrons. The Morgan fingerprint density at radius 2 is 1.24 bits per heavy atom. The van der Waals surface area contributed by atoms with Crippen LogP contribution in [0.4, 0.5) is 0 Å². The number of halogens is 1. The smallest absolute Gasteiger partial charge is 0.226 e. The molecule has 6 nitrogen and oxygen atoms in total. The van der Waals surface area contributed by atoms with E-state index in [1.165, 1.54) is 5.56 Å². The van der Waals surface area contributed by atoms with Crippen LogP contribution in [0.1, 0.15) is 38.9 Å². The Balaban J connectivity index is 1.21. The fraction of sp³-hybridized carbons (Fsp3) is 0.286. The second-order valence-corrected chi connectivity index (χ2v) is 13.7. The normalized spacial score (nSPS) is 28.0. The summed E-state index contributed by atoms with van der Waals surface area (Å²) in [4.78, 5) is 0. The van der Waals surface area contributed by atoms with Gasteiger partial charge in [0.05, 0.1) is 26.4 Å². The van der Waals surface area contributed by atoms with Gasteiger partial charge in [-0.3, -0.25) is 0 Å². The monoisotopic (exact) mass is 674 g/mol. The zero-order valence-corrected chi connectivity index (χ0v) is 28.1. The molecule has 4 bridgehead atoms. The van der Waals surface area contributed by atoms with Gasteiger partial charge < -0.3 is 28.8 Å². The Morgan fingerprint density at radius 3 is 1.82 bits per heavy atom. The first-order chi connectivity index (χ1) is 24.0. The largest absolute Gasteiger partial charge is 0.393 e. The van der Waals surface area contributed by atoms with Gasteiger partial charge in [0.2, 0.25) is 5.79 Å². The molecule has 3 saturated heterocycles. The summed E-state index contributed by atoms with van der Waals surface area (Å²) in [6.45, 7) is 2.66. The number of hydrogen-bond acceptors (Lipinski definition) is 6. The van der Waals surface area contributed by atoms with Crippen LogP contribution in [0.2, 0.25) is 5.02 Å². The highest BCUT2D eigenvalue weighted by atomic mass is 35.5. The minimum absolute atomic E-state index is 0.289. The van der Waals surface area contributed by atoms with Gasteiger partial charge in [-0.2, -0.15) is 0 Å². The van der Waals surface area contributed by atoms with Gasteiger partial charge in [0.25, 0.3) is 0 Å². The maximum Gasteiger partial charge on any atom is 0.226 e. The number of aryl methyl sites for hydroxylation is 1. The van der Waals surface area contributed by atoms with Crippen LogP contribution in [0, 0.1) is 6.92 Å². The molecule has 4 fully saturated rings. The molecule has 0 aromatic heterocycles. The number of aliphatic hydroxyl groups excluding tert-OH is 1. The quantitative estimate of drug-likeness (QED) is 0.138. The second-order valence-electron chi connectivity index (χ2n) is 13.3. The number of ether oxygens (including phenoxy) is 5. The van der Waals surface area contributed by atoms with Gasteiger partial charge in [-0.15, -0.1) is 0 Å². The molecular weight excluding hydrogens is 636 g/mol. The first-order valence-electron chi connectivity index (χ1n) is 16.8. The standard InChI is InChI=1S/C42H39ClO6/c1-29-17-19-30(20-18-29)23-34-24-35(21-22-36(34)43)42-38(46-26-32-13-7-3-8-14-32)37(45-25-31-11-5-2-6-12-31)41(39(48-42)40(41,28-44)49-42)47-27-33-15-9-4-10-16-33/h2-22,24,37-39,44H,23,25-28H2,1H3. The zero-order valence-electron chi connectivity index (χ0n) is 27.3. The van der Waals surface area contributed by atoms with Gasteiger partial charge in [-0.05, 0) is 53.3 Å². The van der Waals surface area contributed by atoms with E-state index in [1.54, 1.807) is 0 Å². The minimum Gasteiger partial charge on any atom is -0.393 e. The number of rotatable bonds is 13. The van der Waals surface area contributed by atoms with E-state index in [0.717, 1.165) is 33.4 Å². The summed E-state index contributed by atoms with van der Waals surface area (Å²) in [5, 5.41) is 11.8. The Morgan fingerprint density at radius 1 is 0.673 bits per heavy atom. The molecule has 5 aromatic carbocycles. The van der Waals surface area contributed by atoms with Crippen molar-refractivity contribution in [3.8, 4) is 0 Å². The summed E-state index contributed by atoms with van der Waals surface area (Å²) in [6.07, 6.45) is -1.39. The lowest BCUT2D eigenvalue weighted by Gasteiger charge is -2.52. The average Bonchev–Trinajstić information content (AvgIpc) is 3.53. The van der Waals surface area contributed by atoms with Crippen molar-refractivity contribution in [2.24, 2.45) is 0 Å². The first-order valence-corrected chi connectivity index (χ1v) is 17.2. The highest BCUT2D eigenvalue weighted by molar-refractivity contribution is 6.31. The molecule has 5 aromatic rings. The molecular formula is C42H39ClO6. The van der Waals surface area contributed by atoms with Crippen LogP contribution in [0.15, 0.2) is 133 Å². The van der Waals surface area contributed by atoms with Crippen molar-refractivity contribution in [2.75, 3.05) is 6.61 Å². The van der Waals surface area contributed by atoms with E-state index >= 15 is 0 Å². The third kappa shape index (κ3) is 5.62.